The molecule has 1 unspecified atom stereocenters. The number of rotatable bonds is 4. The molecule has 9 heteroatoms. The number of carbonyl (C=O) groups excluding carboxylic acids is 1. The fraction of sp³-hybridized carbons (Fsp3) is 0.250. The summed E-state index contributed by atoms with van der Waals surface area (Å²) < 4.78 is 14.0. The Morgan fingerprint density at radius 3 is 2.96 bits per heavy atom. The molecule has 0 spiro atoms. The smallest absolute Gasteiger partial charge is 0.276 e. The van der Waals surface area contributed by atoms with Crippen LogP contribution in [-0.2, 0) is 0 Å². The van der Waals surface area contributed by atoms with Gasteiger partial charge in [-0.15, -0.1) is 0 Å². The van der Waals surface area contributed by atoms with Crippen molar-refractivity contribution in [3.8, 4) is 11.4 Å². The molecule has 4 N–H and O–H groups in total. The minimum absolute atomic E-state index is 0.0578. The molecule has 1 amide bonds. The van der Waals surface area contributed by atoms with Crippen LogP contribution in [0.4, 0.5) is 10.1 Å². The molecule has 3 heterocycles. The summed E-state index contributed by atoms with van der Waals surface area (Å²) in [5.41, 5.74) is 1.75. The Balaban J connectivity index is 1.53. The van der Waals surface area contributed by atoms with E-state index < -0.39 is 11.7 Å². The van der Waals surface area contributed by atoms with Crippen molar-refractivity contribution in [1.82, 2.24) is 30.7 Å². The van der Waals surface area contributed by atoms with Crippen LogP contribution in [0.3, 0.4) is 0 Å². The van der Waals surface area contributed by atoms with Gasteiger partial charge in [-0.2, -0.15) is 10.2 Å². The molecule has 8 nitrogen and oxygen atoms in total. The van der Waals surface area contributed by atoms with Gasteiger partial charge in [-0.25, -0.2) is 9.37 Å². The van der Waals surface area contributed by atoms with E-state index in [9.17, 15) is 9.18 Å². The van der Waals surface area contributed by atoms with E-state index in [0.29, 0.717) is 11.4 Å². The summed E-state index contributed by atoms with van der Waals surface area (Å²) in [5, 5.41) is 19.2. The lowest BCUT2D eigenvalue weighted by Crippen LogP contribution is -2.14. The Morgan fingerprint density at radius 1 is 1.28 bits per heavy atom. The normalized spacial score (nSPS) is 16.9. The number of nitrogens with zero attached hydrogens (tertiary/aromatic N) is 3. The van der Waals surface area contributed by atoms with Crippen LogP contribution in [-0.4, -0.2) is 37.8 Å². The van der Waals surface area contributed by atoms with Crippen LogP contribution < -0.4 is 10.6 Å². The number of carbonyl (C=O) groups is 1. The van der Waals surface area contributed by atoms with E-state index in [4.69, 9.17) is 0 Å². The molecule has 1 saturated heterocycles. The lowest BCUT2D eigenvalue weighted by atomic mass is 10.1. The fourth-order valence-electron chi connectivity index (χ4n) is 2.88. The van der Waals surface area contributed by atoms with Gasteiger partial charge in [0.2, 0.25) is 0 Å². The minimum atomic E-state index is -0.537. The lowest BCUT2D eigenvalue weighted by molar-refractivity contribution is 0.102. The molecule has 1 aromatic carbocycles. The minimum Gasteiger partial charge on any atom is -0.318 e. The van der Waals surface area contributed by atoms with Gasteiger partial charge in [0.05, 0.1) is 11.4 Å². The van der Waals surface area contributed by atoms with Gasteiger partial charge in [-0.1, -0.05) is 0 Å². The Kier molecular flexibility index (Phi) is 3.98. The van der Waals surface area contributed by atoms with Crippen molar-refractivity contribution in [2.24, 2.45) is 0 Å². The number of aromatic nitrogens is 5. The molecule has 0 radical (unpaired) electrons. The van der Waals surface area contributed by atoms with Crippen molar-refractivity contribution in [1.29, 1.82) is 0 Å². The average Bonchev–Trinajstić information content (AvgIpc) is 3.37. The van der Waals surface area contributed by atoms with E-state index in [-0.39, 0.29) is 17.4 Å². The van der Waals surface area contributed by atoms with Crippen molar-refractivity contribution in [2.75, 3.05) is 11.9 Å². The molecule has 0 bridgehead atoms. The SMILES string of the molecule is O=C(Nc1cc(-c2ncn[nH]2)ccc1F)c1cc(C2CCCN2)[nH]n1. The Morgan fingerprint density at radius 2 is 2.20 bits per heavy atom. The summed E-state index contributed by atoms with van der Waals surface area (Å²) in [5.74, 6) is -0.524. The molecule has 3 aromatic rings. The van der Waals surface area contributed by atoms with Gasteiger partial charge in [0.1, 0.15) is 12.1 Å². The standard InChI is InChI=1S/C16H16FN7O/c17-10-4-3-9(15-19-8-20-24-15)6-12(10)21-16(25)14-7-13(22-23-14)11-2-1-5-18-11/h3-4,6-8,11,18H,1-2,5H2,(H,21,25)(H,22,23)(H,19,20,24). The third kappa shape index (κ3) is 3.13. The number of H-pyrrole nitrogens is 2. The predicted octanol–water partition coefficient (Wildman–Crippen LogP) is 2.01. The van der Waals surface area contributed by atoms with Crippen LogP contribution in [0.5, 0.6) is 0 Å². The van der Waals surface area contributed by atoms with Crippen molar-refractivity contribution in [2.45, 2.75) is 18.9 Å². The number of anilines is 1. The summed E-state index contributed by atoms with van der Waals surface area (Å²) in [6.07, 6.45) is 3.45. The van der Waals surface area contributed by atoms with Gasteiger partial charge in [-0.05, 0) is 43.7 Å². The van der Waals surface area contributed by atoms with E-state index >= 15 is 0 Å². The van der Waals surface area contributed by atoms with Gasteiger partial charge in [0, 0.05) is 11.6 Å². The maximum atomic E-state index is 14.0. The van der Waals surface area contributed by atoms with Gasteiger partial charge in [0.25, 0.3) is 5.91 Å². The summed E-state index contributed by atoms with van der Waals surface area (Å²) in [6.45, 7) is 0.949. The number of halogens is 1. The van der Waals surface area contributed by atoms with Crippen LogP contribution in [0, 0.1) is 5.82 Å². The first-order chi connectivity index (χ1) is 12.2. The Bertz CT molecular complexity index is 884. The predicted molar refractivity (Wildman–Crippen MR) is 88.3 cm³/mol. The van der Waals surface area contributed by atoms with Crippen LogP contribution in [0.1, 0.15) is 35.1 Å². The van der Waals surface area contributed by atoms with E-state index in [1.165, 1.54) is 18.5 Å². The largest absolute Gasteiger partial charge is 0.318 e. The molecule has 1 atom stereocenters. The fourth-order valence-corrected chi connectivity index (χ4v) is 2.88. The zero-order valence-corrected chi connectivity index (χ0v) is 13.2. The Hall–Kier alpha value is -3.07. The second kappa shape index (κ2) is 6.44. The maximum Gasteiger partial charge on any atom is 0.276 e. The van der Waals surface area contributed by atoms with Gasteiger partial charge >= 0.3 is 0 Å². The van der Waals surface area contributed by atoms with Gasteiger partial charge < -0.3 is 10.6 Å². The molecular formula is C16H16FN7O. The number of nitrogens with one attached hydrogen (secondary N) is 4. The number of aromatic amines is 2. The molecule has 25 heavy (non-hydrogen) atoms. The van der Waals surface area contributed by atoms with E-state index in [1.807, 2.05) is 0 Å². The third-order valence-electron chi connectivity index (χ3n) is 4.17. The van der Waals surface area contributed by atoms with Crippen LogP contribution in [0.2, 0.25) is 0 Å². The quantitative estimate of drug-likeness (QED) is 0.580. The van der Waals surface area contributed by atoms with Gasteiger partial charge in [-0.3, -0.25) is 15.0 Å². The first-order valence-electron chi connectivity index (χ1n) is 7.96. The van der Waals surface area contributed by atoms with Crippen LogP contribution in [0.25, 0.3) is 11.4 Å². The molecule has 0 saturated carbocycles. The molecule has 1 fully saturated rings. The highest BCUT2D eigenvalue weighted by atomic mass is 19.1. The van der Waals surface area contributed by atoms with Crippen molar-refractivity contribution in [3.63, 3.8) is 0 Å². The van der Waals surface area contributed by atoms with E-state index in [1.54, 1.807) is 12.1 Å². The monoisotopic (exact) mass is 341 g/mol. The summed E-state index contributed by atoms with van der Waals surface area (Å²) in [7, 11) is 0. The number of hydrogen-bond acceptors (Lipinski definition) is 5. The molecule has 0 aliphatic carbocycles. The summed E-state index contributed by atoms with van der Waals surface area (Å²) >= 11 is 0. The van der Waals surface area contributed by atoms with E-state index in [2.05, 4.69) is 36.0 Å². The van der Waals surface area contributed by atoms with Crippen molar-refractivity contribution < 1.29 is 9.18 Å². The van der Waals surface area contributed by atoms with Crippen molar-refractivity contribution in [3.05, 3.63) is 47.8 Å². The topological polar surface area (TPSA) is 111 Å². The lowest BCUT2D eigenvalue weighted by Gasteiger charge is -2.07. The number of amides is 1. The maximum absolute atomic E-state index is 14.0. The molecular weight excluding hydrogens is 325 g/mol. The Labute approximate surface area is 142 Å². The molecule has 2 aromatic heterocycles. The second-order valence-electron chi connectivity index (χ2n) is 5.84. The summed E-state index contributed by atoms with van der Waals surface area (Å²) in [4.78, 5) is 16.4. The zero-order valence-electron chi connectivity index (χ0n) is 13.2. The van der Waals surface area contributed by atoms with E-state index in [0.717, 1.165) is 25.1 Å². The van der Waals surface area contributed by atoms with Crippen LogP contribution in [0.15, 0.2) is 30.6 Å². The molecule has 1 aliphatic heterocycles. The first-order valence-corrected chi connectivity index (χ1v) is 7.96. The second-order valence-corrected chi connectivity index (χ2v) is 5.84. The van der Waals surface area contributed by atoms with Crippen molar-refractivity contribution >= 4 is 11.6 Å². The number of benzene rings is 1. The third-order valence-corrected chi connectivity index (χ3v) is 4.17. The van der Waals surface area contributed by atoms with Gasteiger partial charge in [0.15, 0.2) is 11.5 Å². The highest BCUT2D eigenvalue weighted by molar-refractivity contribution is 6.03. The first kappa shape index (κ1) is 15.5. The highest BCUT2D eigenvalue weighted by Gasteiger charge is 2.21. The molecule has 128 valence electrons. The summed E-state index contributed by atoms with van der Waals surface area (Å²) in [6, 6.07) is 6.20. The molecule has 4 rings (SSSR count). The molecule has 1 aliphatic rings. The van der Waals surface area contributed by atoms with Crippen LogP contribution >= 0.6 is 0 Å². The number of hydrogen-bond donors (Lipinski definition) is 4. The zero-order chi connectivity index (χ0) is 17.2. The average molecular weight is 341 g/mol. The highest BCUT2D eigenvalue weighted by Crippen LogP contribution is 2.24.